The molecule has 11 heteroatoms. The number of aromatic nitrogens is 2. The first kappa shape index (κ1) is 19.3. The molecule has 1 aliphatic rings. The Morgan fingerprint density at radius 3 is 2.59 bits per heavy atom. The molecule has 3 rings (SSSR count). The summed E-state index contributed by atoms with van der Waals surface area (Å²) in [5.41, 5.74) is 1.30. The van der Waals surface area contributed by atoms with Gasteiger partial charge in [0.2, 0.25) is 0 Å². The maximum atomic E-state index is 12.2. The highest BCUT2D eigenvalue weighted by Gasteiger charge is 2.33. The summed E-state index contributed by atoms with van der Waals surface area (Å²) < 4.78 is 30.0. The number of hydrogen-bond donors (Lipinski definition) is 2. The summed E-state index contributed by atoms with van der Waals surface area (Å²) >= 11 is 5.90. The van der Waals surface area contributed by atoms with E-state index in [0.29, 0.717) is 22.0 Å². The minimum Gasteiger partial charge on any atom is -0.383 e. The zero-order chi connectivity index (χ0) is 19.6. The van der Waals surface area contributed by atoms with E-state index in [0.717, 1.165) is 0 Å². The Labute approximate surface area is 160 Å². The molecule has 0 unspecified atom stereocenters. The van der Waals surface area contributed by atoms with E-state index in [9.17, 15) is 18.0 Å². The van der Waals surface area contributed by atoms with Crippen molar-refractivity contribution in [3.63, 3.8) is 0 Å². The minimum atomic E-state index is -3.33. The van der Waals surface area contributed by atoms with Crippen molar-refractivity contribution in [3.05, 3.63) is 40.5 Å². The van der Waals surface area contributed by atoms with Gasteiger partial charge in [0, 0.05) is 24.2 Å². The summed E-state index contributed by atoms with van der Waals surface area (Å²) in [5, 5.41) is 9.70. The van der Waals surface area contributed by atoms with Gasteiger partial charge in [0.1, 0.15) is 5.82 Å². The smallest absolute Gasteiger partial charge is 0.314 e. The van der Waals surface area contributed by atoms with E-state index in [1.54, 1.807) is 24.3 Å². The first-order chi connectivity index (χ1) is 12.8. The highest BCUT2D eigenvalue weighted by molar-refractivity contribution is 7.90. The number of ether oxygens (including phenoxy) is 1. The Balaban J connectivity index is 1.92. The Kier molecular flexibility index (Phi) is 5.49. The molecule has 0 saturated carbocycles. The van der Waals surface area contributed by atoms with Gasteiger partial charge in [-0.1, -0.05) is 11.6 Å². The van der Waals surface area contributed by atoms with Crippen LogP contribution >= 0.6 is 11.6 Å². The van der Waals surface area contributed by atoms with E-state index in [-0.39, 0.29) is 30.5 Å². The van der Waals surface area contributed by atoms with Crippen molar-refractivity contribution in [2.45, 2.75) is 11.5 Å². The molecule has 0 atom stereocenters. The number of nitrogens with zero attached hydrogens (tertiary/aromatic N) is 2. The van der Waals surface area contributed by atoms with Gasteiger partial charge in [-0.3, -0.25) is 9.59 Å². The third-order valence-corrected chi connectivity index (χ3v) is 5.58. The van der Waals surface area contributed by atoms with E-state index in [4.69, 9.17) is 16.3 Å². The van der Waals surface area contributed by atoms with Gasteiger partial charge in [0.15, 0.2) is 9.84 Å². The van der Waals surface area contributed by atoms with Crippen molar-refractivity contribution < 1.29 is 22.7 Å². The predicted octanol–water partition coefficient (Wildman–Crippen LogP) is 0.655. The molecule has 144 valence electrons. The van der Waals surface area contributed by atoms with E-state index in [1.807, 2.05) is 0 Å². The summed E-state index contributed by atoms with van der Waals surface area (Å²) in [6.45, 7) is 0.432. The van der Waals surface area contributed by atoms with Crippen LogP contribution in [0.4, 0.5) is 5.82 Å². The topological polar surface area (TPSA) is 119 Å². The summed E-state index contributed by atoms with van der Waals surface area (Å²) in [6, 6.07) is 6.63. The molecular weight excluding hydrogens is 396 g/mol. The normalized spacial score (nSPS) is 14.6. The number of nitrogens with one attached hydrogen (secondary N) is 2. The third kappa shape index (κ3) is 4.29. The number of hydrogen-bond acceptors (Lipinski definition) is 6. The molecule has 1 aliphatic heterocycles. The fraction of sp³-hybridized carbons (Fsp3) is 0.312. The number of carbonyl (C=O) groups is 2. The number of carbonyl (C=O) groups excluding carboxylic acids is 2. The molecule has 2 heterocycles. The van der Waals surface area contributed by atoms with E-state index in [1.165, 1.54) is 11.8 Å². The van der Waals surface area contributed by atoms with Crippen LogP contribution in [0.25, 0.3) is 5.69 Å². The van der Waals surface area contributed by atoms with Gasteiger partial charge >= 0.3 is 11.8 Å². The molecule has 9 nitrogen and oxygen atoms in total. The van der Waals surface area contributed by atoms with Crippen LogP contribution in [-0.4, -0.2) is 50.3 Å². The molecule has 27 heavy (non-hydrogen) atoms. The van der Waals surface area contributed by atoms with Gasteiger partial charge in [-0.2, -0.15) is 5.10 Å². The monoisotopic (exact) mass is 412 g/mol. The van der Waals surface area contributed by atoms with Crippen molar-refractivity contribution in [2.24, 2.45) is 0 Å². The lowest BCUT2D eigenvalue weighted by Gasteiger charge is -2.11. The van der Waals surface area contributed by atoms with Crippen molar-refractivity contribution >= 4 is 39.1 Å². The van der Waals surface area contributed by atoms with Crippen LogP contribution in [0.1, 0.15) is 11.3 Å². The summed E-state index contributed by atoms with van der Waals surface area (Å²) in [6.07, 6.45) is 0. The van der Waals surface area contributed by atoms with Crippen molar-refractivity contribution in [2.75, 3.05) is 25.6 Å². The highest BCUT2D eigenvalue weighted by atomic mass is 35.5. The average Bonchev–Trinajstić information content (AvgIpc) is 3.08. The second-order valence-corrected chi connectivity index (χ2v) is 8.40. The number of anilines is 1. The van der Waals surface area contributed by atoms with Crippen LogP contribution in [0, 0.1) is 0 Å². The molecule has 2 N–H and O–H groups in total. The maximum absolute atomic E-state index is 12.2. The number of sulfone groups is 1. The lowest BCUT2D eigenvalue weighted by Crippen LogP contribution is -2.37. The predicted molar refractivity (Wildman–Crippen MR) is 98.4 cm³/mol. The van der Waals surface area contributed by atoms with Crippen LogP contribution in [0.5, 0.6) is 0 Å². The molecular formula is C16H17ClN4O5S. The molecule has 0 aliphatic carbocycles. The van der Waals surface area contributed by atoms with Gasteiger partial charge < -0.3 is 15.4 Å². The van der Waals surface area contributed by atoms with Gasteiger partial charge in [0.25, 0.3) is 0 Å². The lowest BCUT2D eigenvalue weighted by atomic mass is 10.2. The van der Waals surface area contributed by atoms with Gasteiger partial charge in [-0.25, -0.2) is 13.1 Å². The van der Waals surface area contributed by atoms with E-state index >= 15 is 0 Å². The number of rotatable bonds is 5. The van der Waals surface area contributed by atoms with Crippen LogP contribution in [-0.2, 0) is 35.7 Å². The van der Waals surface area contributed by atoms with Crippen LogP contribution in [0.15, 0.2) is 24.3 Å². The number of benzene rings is 1. The third-order valence-electron chi connectivity index (χ3n) is 3.89. The summed E-state index contributed by atoms with van der Waals surface area (Å²) in [4.78, 5) is 24.1. The molecule has 0 spiro atoms. The fourth-order valence-electron chi connectivity index (χ4n) is 2.65. The van der Waals surface area contributed by atoms with Crippen molar-refractivity contribution in [1.82, 2.24) is 15.1 Å². The number of methoxy groups -OCH3 is 1. The van der Waals surface area contributed by atoms with Crippen LogP contribution < -0.4 is 10.6 Å². The molecule has 0 radical (unpaired) electrons. The fourth-order valence-corrected chi connectivity index (χ4v) is 4.27. The van der Waals surface area contributed by atoms with E-state index < -0.39 is 21.7 Å². The number of fused-ring (bicyclic) bond motifs is 1. The Morgan fingerprint density at radius 2 is 1.93 bits per heavy atom. The molecule has 1 aromatic carbocycles. The molecule has 2 amide bonds. The van der Waals surface area contributed by atoms with Gasteiger partial charge in [-0.15, -0.1) is 0 Å². The Morgan fingerprint density at radius 1 is 1.22 bits per heavy atom. The first-order valence-corrected chi connectivity index (χ1v) is 10.2. The SMILES string of the molecule is COCCNC(=O)C(=O)Nc1c2c(nn1-c1ccc(Cl)cc1)CS(=O)(=O)C2. The number of halogens is 1. The molecule has 0 saturated heterocycles. The van der Waals surface area contributed by atoms with Gasteiger partial charge in [-0.05, 0) is 24.3 Å². The van der Waals surface area contributed by atoms with Crippen molar-refractivity contribution in [3.8, 4) is 5.69 Å². The maximum Gasteiger partial charge on any atom is 0.314 e. The standard InChI is InChI=1S/C16H17ClN4O5S/c1-26-7-6-18-15(22)16(23)19-14-12-8-27(24,25)9-13(12)20-21(14)11-4-2-10(17)3-5-11/h2-5H,6-9H2,1H3,(H,18,22)(H,19,23). The first-order valence-electron chi connectivity index (χ1n) is 7.96. The lowest BCUT2D eigenvalue weighted by molar-refractivity contribution is -0.136. The molecule has 0 fully saturated rings. The van der Waals surface area contributed by atoms with Crippen molar-refractivity contribution in [1.29, 1.82) is 0 Å². The molecule has 0 bridgehead atoms. The second kappa shape index (κ2) is 7.67. The van der Waals surface area contributed by atoms with E-state index in [2.05, 4.69) is 15.7 Å². The Bertz CT molecular complexity index is 985. The van der Waals surface area contributed by atoms with Gasteiger partial charge in [0.05, 0.1) is 29.5 Å². The summed E-state index contributed by atoms with van der Waals surface area (Å²) in [7, 11) is -1.86. The van der Waals surface area contributed by atoms with Crippen LogP contribution in [0.3, 0.4) is 0 Å². The van der Waals surface area contributed by atoms with Crippen LogP contribution in [0.2, 0.25) is 5.02 Å². The molecule has 1 aromatic heterocycles. The quantitative estimate of drug-likeness (QED) is 0.549. The molecule has 2 aromatic rings. The zero-order valence-corrected chi connectivity index (χ0v) is 15.9. The average molecular weight is 413 g/mol. The zero-order valence-electron chi connectivity index (χ0n) is 14.4. The highest BCUT2D eigenvalue weighted by Crippen LogP contribution is 2.33. The number of amides is 2. The largest absolute Gasteiger partial charge is 0.383 e. The minimum absolute atomic E-state index is 0.153. The second-order valence-electron chi connectivity index (χ2n) is 5.90. The Hall–Kier alpha value is -2.43. The summed E-state index contributed by atoms with van der Waals surface area (Å²) in [5.74, 6) is -2.10.